The molecule has 1 aromatic heterocycles. The molecule has 3 aromatic rings. The van der Waals surface area contributed by atoms with E-state index in [2.05, 4.69) is 39.5 Å². The number of methoxy groups -OCH3 is 1. The van der Waals surface area contributed by atoms with E-state index in [9.17, 15) is 0 Å². The second-order valence-electron chi connectivity index (χ2n) is 4.99. The van der Waals surface area contributed by atoms with Crippen molar-refractivity contribution in [2.75, 3.05) is 7.11 Å². The van der Waals surface area contributed by atoms with Crippen LogP contribution in [0.25, 0.3) is 0 Å². The van der Waals surface area contributed by atoms with E-state index in [1.165, 1.54) is 0 Å². The molecule has 0 amide bonds. The molecule has 2 aromatic carbocycles. The topological polar surface area (TPSA) is 46.8 Å². The van der Waals surface area contributed by atoms with E-state index in [4.69, 9.17) is 4.74 Å². The van der Waals surface area contributed by atoms with Gasteiger partial charge >= 0.3 is 0 Å². The van der Waals surface area contributed by atoms with Gasteiger partial charge in [0.2, 0.25) is 0 Å². The molecule has 3 rings (SSSR count). The Labute approximate surface area is 135 Å². The first-order valence-electron chi connectivity index (χ1n) is 7.37. The third-order valence-electron chi connectivity index (χ3n) is 3.46. The number of ether oxygens (including phenoxy) is 1. The van der Waals surface area contributed by atoms with Crippen LogP contribution in [0.5, 0.6) is 5.75 Å². The smallest absolute Gasteiger partial charge is 0.177 e. The van der Waals surface area contributed by atoms with E-state index in [-0.39, 0.29) is 6.04 Å². The van der Waals surface area contributed by atoms with Gasteiger partial charge in [-0.3, -0.25) is 0 Å². The molecule has 0 fully saturated rings. The summed E-state index contributed by atoms with van der Waals surface area (Å²) >= 11 is 0. The highest BCUT2D eigenvalue weighted by Crippen LogP contribution is 2.28. The van der Waals surface area contributed by atoms with Gasteiger partial charge in [0.05, 0.1) is 7.11 Å². The molecule has 0 aliphatic rings. The van der Waals surface area contributed by atoms with Crippen LogP contribution in [0.4, 0.5) is 5.82 Å². The first-order chi connectivity index (χ1) is 11.4. The Balaban J connectivity index is 1.94. The van der Waals surface area contributed by atoms with Crippen LogP contribution in [-0.4, -0.2) is 12.1 Å². The number of azo groups is 1. The Morgan fingerprint density at radius 3 is 2.04 bits per heavy atom. The third kappa shape index (κ3) is 3.80. The standard InChI is InChI=1S/C19H17N3O/c1-23-17-12-13-20-18(14-17)21-22-19(15-8-4-2-5-9-15)16-10-6-3-7-11-16/h2-14,19H,1H3. The van der Waals surface area contributed by atoms with Gasteiger partial charge in [-0.05, 0) is 17.2 Å². The molecule has 4 nitrogen and oxygen atoms in total. The van der Waals surface area contributed by atoms with Gasteiger partial charge in [0.25, 0.3) is 0 Å². The van der Waals surface area contributed by atoms with Crippen LogP contribution in [0, 0.1) is 0 Å². The SMILES string of the molecule is COc1ccnc(N=NC(c2ccccc2)c2ccccc2)c1. The monoisotopic (exact) mass is 303 g/mol. The lowest BCUT2D eigenvalue weighted by Crippen LogP contribution is -1.96. The summed E-state index contributed by atoms with van der Waals surface area (Å²) in [6.45, 7) is 0. The van der Waals surface area contributed by atoms with Gasteiger partial charge in [-0.1, -0.05) is 60.7 Å². The Morgan fingerprint density at radius 1 is 0.870 bits per heavy atom. The zero-order valence-corrected chi connectivity index (χ0v) is 12.8. The van der Waals surface area contributed by atoms with Crippen molar-refractivity contribution in [1.29, 1.82) is 0 Å². The molecule has 114 valence electrons. The summed E-state index contributed by atoms with van der Waals surface area (Å²) in [4.78, 5) is 4.21. The number of pyridine rings is 1. The maximum absolute atomic E-state index is 5.19. The fourth-order valence-electron chi connectivity index (χ4n) is 2.29. The number of aromatic nitrogens is 1. The van der Waals surface area contributed by atoms with E-state index in [0.29, 0.717) is 11.6 Å². The van der Waals surface area contributed by atoms with Crippen LogP contribution in [0.15, 0.2) is 89.2 Å². The predicted octanol–water partition coefficient (Wildman–Crippen LogP) is 4.96. The average Bonchev–Trinajstić information content (AvgIpc) is 2.64. The number of benzene rings is 2. The van der Waals surface area contributed by atoms with Gasteiger partial charge in [-0.15, -0.1) is 5.11 Å². The lowest BCUT2D eigenvalue weighted by molar-refractivity contribution is 0.414. The molecule has 0 N–H and O–H groups in total. The summed E-state index contributed by atoms with van der Waals surface area (Å²) in [6.07, 6.45) is 1.66. The quantitative estimate of drug-likeness (QED) is 0.625. The van der Waals surface area contributed by atoms with Crippen molar-refractivity contribution in [2.24, 2.45) is 10.2 Å². The molecule has 0 atom stereocenters. The Morgan fingerprint density at radius 2 is 1.48 bits per heavy atom. The van der Waals surface area contributed by atoms with Gasteiger partial charge < -0.3 is 4.74 Å². The number of hydrogen-bond donors (Lipinski definition) is 0. The lowest BCUT2D eigenvalue weighted by Gasteiger charge is -2.12. The normalized spacial score (nSPS) is 11.0. The summed E-state index contributed by atoms with van der Waals surface area (Å²) in [5, 5.41) is 8.82. The number of hydrogen-bond acceptors (Lipinski definition) is 4. The summed E-state index contributed by atoms with van der Waals surface area (Å²) in [5.41, 5.74) is 2.18. The van der Waals surface area contributed by atoms with Crippen molar-refractivity contribution in [1.82, 2.24) is 4.98 Å². The maximum Gasteiger partial charge on any atom is 0.177 e. The molecule has 0 spiro atoms. The van der Waals surface area contributed by atoms with Crippen molar-refractivity contribution >= 4 is 5.82 Å². The van der Waals surface area contributed by atoms with Crippen LogP contribution < -0.4 is 4.74 Å². The molecular formula is C19H17N3O. The van der Waals surface area contributed by atoms with Gasteiger partial charge in [-0.2, -0.15) is 5.11 Å². The average molecular weight is 303 g/mol. The molecule has 0 bridgehead atoms. The molecule has 1 heterocycles. The van der Waals surface area contributed by atoms with Gasteiger partial charge in [0.1, 0.15) is 11.8 Å². The largest absolute Gasteiger partial charge is 0.497 e. The van der Waals surface area contributed by atoms with Gasteiger partial charge in [0, 0.05) is 12.3 Å². The van der Waals surface area contributed by atoms with Crippen LogP contribution in [-0.2, 0) is 0 Å². The molecule has 0 aliphatic carbocycles. The Hall–Kier alpha value is -3.01. The predicted molar refractivity (Wildman–Crippen MR) is 90.0 cm³/mol. The zero-order valence-electron chi connectivity index (χ0n) is 12.8. The van der Waals surface area contributed by atoms with Gasteiger partial charge in [0.15, 0.2) is 5.82 Å². The highest BCUT2D eigenvalue weighted by Gasteiger charge is 2.12. The van der Waals surface area contributed by atoms with Crippen LogP contribution in [0.1, 0.15) is 17.2 Å². The molecule has 0 saturated carbocycles. The summed E-state index contributed by atoms with van der Waals surface area (Å²) in [7, 11) is 1.62. The first-order valence-corrected chi connectivity index (χ1v) is 7.37. The van der Waals surface area contributed by atoms with E-state index < -0.39 is 0 Å². The zero-order chi connectivity index (χ0) is 15.9. The minimum Gasteiger partial charge on any atom is -0.497 e. The Kier molecular flexibility index (Phi) is 4.74. The van der Waals surface area contributed by atoms with Crippen molar-refractivity contribution in [3.8, 4) is 5.75 Å². The minimum atomic E-state index is -0.162. The van der Waals surface area contributed by atoms with E-state index in [1.54, 1.807) is 25.4 Å². The van der Waals surface area contributed by atoms with Crippen molar-refractivity contribution in [3.05, 3.63) is 90.1 Å². The highest BCUT2D eigenvalue weighted by atomic mass is 16.5. The molecule has 0 unspecified atom stereocenters. The molecular weight excluding hydrogens is 286 g/mol. The first kappa shape index (κ1) is 14.9. The fourth-order valence-corrected chi connectivity index (χ4v) is 2.29. The van der Waals surface area contributed by atoms with Crippen molar-refractivity contribution in [2.45, 2.75) is 6.04 Å². The summed E-state index contributed by atoms with van der Waals surface area (Å²) < 4.78 is 5.19. The molecule has 23 heavy (non-hydrogen) atoms. The third-order valence-corrected chi connectivity index (χ3v) is 3.46. The second kappa shape index (κ2) is 7.31. The second-order valence-corrected chi connectivity index (χ2v) is 4.99. The van der Waals surface area contributed by atoms with E-state index in [0.717, 1.165) is 11.1 Å². The lowest BCUT2D eigenvalue weighted by atomic mass is 10.00. The minimum absolute atomic E-state index is 0.162. The number of nitrogens with zero attached hydrogens (tertiary/aromatic N) is 3. The van der Waals surface area contributed by atoms with Crippen molar-refractivity contribution < 1.29 is 4.74 Å². The molecule has 0 saturated heterocycles. The van der Waals surface area contributed by atoms with E-state index >= 15 is 0 Å². The summed E-state index contributed by atoms with van der Waals surface area (Å²) in [6, 6.07) is 23.6. The van der Waals surface area contributed by atoms with Crippen molar-refractivity contribution in [3.63, 3.8) is 0 Å². The van der Waals surface area contributed by atoms with Crippen LogP contribution in [0.3, 0.4) is 0 Å². The van der Waals surface area contributed by atoms with Gasteiger partial charge in [-0.25, -0.2) is 4.98 Å². The highest BCUT2D eigenvalue weighted by molar-refractivity contribution is 5.36. The van der Waals surface area contributed by atoms with Crippen LogP contribution in [0.2, 0.25) is 0 Å². The van der Waals surface area contributed by atoms with Crippen LogP contribution >= 0.6 is 0 Å². The van der Waals surface area contributed by atoms with E-state index in [1.807, 2.05) is 36.4 Å². The Bertz CT molecular complexity index is 733. The molecule has 0 aliphatic heterocycles. The fraction of sp³-hybridized carbons (Fsp3) is 0.105. The summed E-state index contributed by atoms with van der Waals surface area (Å²) in [5.74, 6) is 1.24. The molecule has 0 radical (unpaired) electrons. The maximum atomic E-state index is 5.19. The molecule has 4 heteroatoms. The number of rotatable bonds is 5.